The second-order valence-electron chi connectivity index (χ2n) is 6.40. The summed E-state index contributed by atoms with van der Waals surface area (Å²) >= 11 is 5.50. The van der Waals surface area contributed by atoms with E-state index in [9.17, 15) is 0 Å². The van der Waals surface area contributed by atoms with Crippen LogP contribution in [-0.2, 0) is 11.8 Å². The average molecular weight is 366 g/mol. The lowest BCUT2D eigenvalue weighted by molar-refractivity contribution is 0.558. The van der Waals surface area contributed by atoms with Gasteiger partial charge in [-0.15, -0.1) is 11.3 Å². The van der Waals surface area contributed by atoms with Crippen molar-refractivity contribution in [3.8, 4) is 0 Å². The van der Waals surface area contributed by atoms with Crippen molar-refractivity contribution in [1.82, 2.24) is 5.32 Å². The van der Waals surface area contributed by atoms with Crippen LogP contribution in [0.25, 0.3) is 0 Å². The molecule has 1 nitrogen and oxygen atoms in total. The average Bonchev–Trinajstić information content (AvgIpc) is 2.87. The third kappa shape index (κ3) is 4.67. The molecule has 3 heteroatoms. The zero-order chi connectivity index (χ0) is 15.5. The van der Waals surface area contributed by atoms with E-state index in [1.807, 2.05) is 11.3 Å². The number of hydrogen-bond acceptors (Lipinski definition) is 2. The molecular formula is C18H24BrNS. The number of halogens is 1. The molecule has 0 amide bonds. The zero-order valence-electron chi connectivity index (χ0n) is 13.2. The smallest absolute Gasteiger partial charge is 0.0455 e. The normalized spacial score (nSPS) is 13.4. The van der Waals surface area contributed by atoms with Crippen LogP contribution < -0.4 is 5.32 Å². The van der Waals surface area contributed by atoms with Crippen LogP contribution in [0, 0.1) is 0 Å². The molecule has 1 N–H and O–H groups in total. The van der Waals surface area contributed by atoms with Crippen LogP contribution >= 0.6 is 27.3 Å². The van der Waals surface area contributed by atoms with Gasteiger partial charge in [-0.25, -0.2) is 0 Å². The molecule has 0 spiro atoms. The van der Waals surface area contributed by atoms with Crippen LogP contribution in [0.1, 0.15) is 49.1 Å². The van der Waals surface area contributed by atoms with Gasteiger partial charge in [-0.05, 0) is 48.2 Å². The molecule has 0 radical (unpaired) electrons. The summed E-state index contributed by atoms with van der Waals surface area (Å²) in [6.45, 7) is 9.99. The van der Waals surface area contributed by atoms with E-state index in [4.69, 9.17) is 0 Å². The van der Waals surface area contributed by atoms with Gasteiger partial charge in [0.25, 0.3) is 0 Å². The number of thiophene rings is 1. The monoisotopic (exact) mass is 365 g/mol. The first-order valence-electron chi connectivity index (χ1n) is 7.48. The molecule has 0 aliphatic rings. The fourth-order valence-electron chi connectivity index (χ4n) is 2.36. The summed E-state index contributed by atoms with van der Waals surface area (Å²) in [4.78, 5) is 2.89. The summed E-state index contributed by atoms with van der Waals surface area (Å²) in [5.41, 5.74) is 1.59. The van der Waals surface area contributed by atoms with E-state index in [0.29, 0.717) is 6.04 Å². The van der Waals surface area contributed by atoms with Gasteiger partial charge in [-0.3, -0.25) is 0 Å². The first-order valence-corrected chi connectivity index (χ1v) is 9.09. The molecule has 0 fully saturated rings. The molecule has 2 rings (SSSR count). The number of nitrogens with one attached hydrogen (secondary N) is 1. The first-order chi connectivity index (χ1) is 9.90. The van der Waals surface area contributed by atoms with Crippen molar-refractivity contribution in [3.63, 3.8) is 0 Å². The molecule has 0 aliphatic heterocycles. The van der Waals surface area contributed by atoms with E-state index >= 15 is 0 Å². The Bertz CT molecular complexity index is 583. The predicted octanol–water partition coefficient (Wildman–Crippen LogP) is 5.70. The summed E-state index contributed by atoms with van der Waals surface area (Å²) in [5, 5.41) is 3.63. The molecule has 0 saturated carbocycles. The maximum absolute atomic E-state index is 3.63. The molecular weight excluding hydrogens is 342 g/mol. The van der Waals surface area contributed by atoms with Gasteiger partial charge in [-0.2, -0.15) is 0 Å². The Labute approximate surface area is 140 Å². The van der Waals surface area contributed by atoms with Crippen molar-refractivity contribution in [2.75, 3.05) is 6.54 Å². The van der Waals surface area contributed by atoms with Crippen LogP contribution in [-0.4, -0.2) is 6.54 Å². The van der Waals surface area contributed by atoms with Crippen molar-refractivity contribution < 1.29 is 0 Å². The Balaban J connectivity index is 2.20. The highest BCUT2D eigenvalue weighted by Gasteiger charge is 2.19. The molecule has 1 heterocycles. The van der Waals surface area contributed by atoms with Crippen molar-refractivity contribution in [3.05, 3.63) is 56.2 Å². The third-order valence-electron chi connectivity index (χ3n) is 3.49. The van der Waals surface area contributed by atoms with Gasteiger partial charge in [-0.1, -0.05) is 55.8 Å². The second-order valence-corrected chi connectivity index (χ2v) is 8.43. The molecule has 0 aliphatic carbocycles. The van der Waals surface area contributed by atoms with Crippen molar-refractivity contribution in [1.29, 1.82) is 0 Å². The van der Waals surface area contributed by atoms with E-state index in [-0.39, 0.29) is 5.41 Å². The number of benzene rings is 1. The maximum Gasteiger partial charge on any atom is 0.0455 e. The minimum absolute atomic E-state index is 0.232. The molecule has 21 heavy (non-hydrogen) atoms. The van der Waals surface area contributed by atoms with Crippen LogP contribution in [0.5, 0.6) is 0 Å². The topological polar surface area (TPSA) is 12.0 Å². The maximum atomic E-state index is 3.63. The highest BCUT2D eigenvalue weighted by molar-refractivity contribution is 9.10. The standard InChI is InChI=1S/C18H24BrNS/c1-5-20-15(12-13-7-6-8-14(19)11-13)16-9-10-17(21-16)18(2,3)4/h6-11,15,20H,5,12H2,1-4H3. The Kier molecular flexibility index (Phi) is 5.64. The fourth-order valence-corrected chi connectivity index (χ4v) is 3.95. The highest BCUT2D eigenvalue weighted by Crippen LogP contribution is 2.33. The molecule has 1 atom stereocenters. The molecule has 1 aromatic heterocycles. The second kappa shape index (κ2) is 7.08. The van der Waals surface area contributed by atoms with Gasteiger partial charge in [0.1, 0.15) is 0 Å². The Morgan fingerprint density at radius 2 is 1.95 bits per heavy atom. The van der Waals surface area contributed by atoms with E-state index in [1.54, 1.807) is 0 Å². The minimum atomic E-state index is 0.232. The lowest BCUT2D eigenvalue weighted by Crippen LogP contribution is -2.22. The highest BCUT2D eigenvalue weighted by atomic mass is 79.9. The molecule has 0 bridgehead atoms. The SMILES string of the molecule is CCNC(Cc1cccc(Br)c1)c1ccc(C(C)(C)C)s1. The largest absolute Gasteiger partial charge is 0.309 e. The fraction of sp³-hybridized carbons (Fsp3) is 0.444. The van der Waals surface area contributed by atoms with Gasteiger partial charge >= 0.3 is 0 Å². The first kappa shape index (κ1) is 16.7. The third-order valence-corrected chi connectivity index (χ3v) is 5.61. The lowest BCUT2D eigenvalue weighted by atomic mass is 9.95. The Morgan fingerprint density at radius 3 is 2.52 bits per heavy atom. The molecule has 0 saturated heterocycles. The van der Waals surface area contributed by atoms with Gasteiger partial charge in [0.15, 0.2) is 0 Å². The van der Waals surface area contributed by atoms with E-state index in [1.165, 1.54) is 15.3 Å². The van der Waals surface area contributed by atoms with E-state index in [0.717, 1.165) is 17.4 Å². The van der Waals surface area contributed by atoms with Gasteiger partial charge in [0.2, 0.25) is 0 Å². The van der Waals surface area contributed by atoms with Gasteiger partial charge in [0.05, 0.1) is 0 Å². The number of rotatable bonds is 5. The Morgan fingerprint density at radius 1 is 1.19 bits per heavy atom. The number of hydrogen-bond donors (Lipinski definition) is 1. The summed E-state index contributed by atoms with van der Waals surface area (Å²) in [6.07, 6.45) is 1.03. The van der Waals surface area contributed by atoms with Crippen LogP contribution in [0.3, 0.4) is 0 Å². The molecule has 1 unspecified atom stereocenters. The summed E-state index contributed by atoms with van der Waals surface area (Å²) < 4.78 is 1.15. The van der Waals surface area contributed by atoms with Crippen molar-refractivity contribution in [2.24, 2.45) is 0 Å². The van der Waals surface area contributed by atoms with Crippen molar-refractivity contribution in [2.45, 2.75) is 45.6 Å². The van der Waals surface area contributed by atoms with E-state index in [2.05, 4.69) is 85.3 Å². The van der Waals surface area contributed by atoms with Gasteiger partial charge in [0, 0.05) is 20.3 Å². The van der Waals surface area contributed by atoms with Crippen LogP contribution in [0.4, 0.5) is 0 Å². The summed E-state index contributed by atoms with van der Waals surface area (Å²) in [6, 6.07) is 13.6. The lowest BCUT2D eigenvalue weighted by Gasteiger charge is -2.18. The Hall–Kier alpha value is -0.640. The molecule has 2 aromatic rings. The minimum Gasteiger partial charge on any atom is -0.309 e. The van der Waals surface area contributed by atoms with Gasteiger partial charge < -0.3 is 5.32 Å². The predicted molar refractivity (Wildman–Crippen MR) is 97.3 cm³/mol. The quantitative estimate of drug-likeness (QED) is 0.716. The zero-order valence-corrected chi connectivity index (χ0v) is 15.6. The molecule has 1 aromatic carbocycles. The summed E-state index contributed by atoms with van der Waals surface area (Å²) in [7, 11) is 0. The van der Waals surface area contributed by atoms with Crippen molar-refractivity contribution >= 4 is 27.3 Å². The number of likely N-dealkylation sites (N-methyl/N-ethyl adjacent to an activating group) is 1. The summed E-state index contributed by atoms with van der Waals surface area (Å²) in [5.74, 6) is 0. The molecule has 114 valence electrons. The van der Waals surface area contributed by atoms with Crippen LogP contribution in [0.2, 0.25) is 0 Å². The van der Waals surface area contributed by atoms with Crippen LogP contribution in [0.15, 0.2) is 40.9 Å². The van der Waals surface area contributed by atoms with E-state index < -0.39 is 0 Å².